The van der Waals surface area contributed by atoms with Crippen molar-refractivity contribution in [1.29, 1.82) is 0 Å². The number of carbonyl (C=O) groups is 1. The summed E-state index contributed by atoms with van der Waals surface area (Å²) in [6, 6.07) is 7.84. The lowest BCUT2D eigenvalue weighted by Crippen LogP contribution is -2.25. The van der Waals surface area contributed by atoms with Gasteiger partial charge in [0.25, 0.3) is 5.91 Å². The fourth-order valence-electron chi connectivity index (χ4n) is 1.01. The zero-order chi connectivity index (χ0) is 12.9. The van der Waals surface area contributed by atoms with E-state index < -0.39 is 18.7 Å². The second-order valence-electron chi connectivity index (χ2n) is 3.06. The SMILES string of the molecule is NC(=O)/C(=N/OCC(F)(F)F)c1ccccc1. The van der Waals surface area contributed by atoms with Crippen LogP contribution in [0.2, 0.25) is 0 Å². The molecule has 1 aromatic rings. The molecule has 7 heteroatoms. The molecule has 1 amide bonds. The van der Waals surface area contributed by atoms with E-state index in [0.717, 1.165) is 0 Å². The Morgan fingerprint density at radius 3 is 2.35 bits per heavy atom. The standard InChI is InChI=1S/C10H9F3N2O2/c11-10(12,13)6-17-15-8(9(14)16)7-4-2-1-3-5-7/h1-5H,6H2,(H2,14,16)/b15-8+. The number of nitrogens with two attached hydrogens (primary N) is 1. The van der Waals surface area contributed by atoms with E-state index in [1.54, 1.807) is 18.2 Å². The van der Waals surface area contributed by atoms with Crippen molar-refractivity contribution in [2.75, 3.05) is 6.61 Å². The Bertz CT molecular complexity index is 415. The molecule has 0 aliphatic rings. The molecule has 1 rings (SSSR count). The lowest BCUT2D eigenvalue weighted by Gasteiger charge is -2.05. The summed E-state index contributed by atoms with van der Waals surface area (Å²) in [6.45, 7) is -1.57. The molecule has 0 unspecified atom stereocenters. The van der Waals surface area contributed by atoms with Crippen LogP contribution in [0.25, 0.3) is 0 Å². The lowest BCUT2D eigenvalue weighted by molar-refractivity contribution is -0.173. The molecule has 0 radical (unpaired) electrons. The summed E-state index contributed by atoms with van der Waals surface area (Å²) >= 11 is 0. The van der Waals surface area contributed by atoms with Gasteiger partial charge in [0.1, 0.15) is 0 Å². The van der Waals surface area contributed by atoms with Gasteiger partial charge < -0.3 is 10.6 Å². The van der Waals surface area contributed by atoms with Crippen molar-refractivity contribution in [3.63, 3.8) is 0 Å². The first-order valence-electron chi connectivity index (χ1n) is 4.52. The van der Waals surface area contributed by atoms with Crippen molar-refractivity contribution in [3.8, 4) is 0 Å². The highest BCUT2D eigenvalue weighted by atomic mass is 19.4. The summed E-state index contributed by atoms with van der Waals surface area (Å²) in [5, 5.41) is 3.10. The Morgan fingerprint density at radius 2 is 1.88 bits per heavy atom. The van der Waals surface area contributed by atoms with Gasteiger partial charge in [-0.2, -0.15) is 13.2 Å². The molecular weight excluding hydrogens is 237 g/mol. The molecule has 0 aliphatic heterocycles. The summed E-state index contributed by atoms with van der Waals surface area (Å²) < 4.78 is 35.4. The minimum atomic E-state index is -4.51. The fraction of sp³-hybridized carbons (Fsp3) is 0.200. The number of rotatable bonds is 4. The van der Waals surface area contributed by atoms with Gasteiger partial charge in [0, 0.05) is 5.56 Å². The number of primary amides is 1. The van der Waals surface area contributed by atoms with Crippen LogP contribution in [0, 0.1) is 0 Å². The topological polar surface area (TPSA) is 64.7 Å². The van der Waals surface area contributed by atoms with Gasteiger partial charge in [0.15, 0.2) is 5.71 Å². The molecule has 0 fully saturated rings. The van der Waals surface area contributed by atoms with Gasteiger partial charge in [0.2, 0.25) is 6.61 Å². The molecule has 1 aromatic carbocycles. The number of carbonyl (C=O) groups excluding carboxylic acids is 1. The van der Waals surface area contributed by atoms with Crippen LogP contribution in [0.1, 0.15) is 5.56 Å². The maximum atomic E-state index is 11.8. The van der Waals surface area contributed by atoms with Crippen molar-refractivity contribution >= 4 is 11.6 Å². The van der Waals surface area contributed by atoms with Crippen molar-refractivity contribution in [2.45, 2.75) is 6.18 Å². The van der Waals surface area contributed by atoms with Crippen LogP contribution in [-0.2, 0) is 9.63 Å². The summed E-state index contributed by atoms with van der Waals surface area (Å²) in [5.74, 6) is -0.960. The fourth-order valence-corrected chi connectivity index (χ4v) is 1.01. The highest BCUT2D eigenvalue weighted by Crippen LogP contribution is 2.14. The van der Waals surface area contributed by atoms with Gasteiger partial charge in [-0.05, 0) is 0 Å². The largest absolute Gasteiger partial charge is 0.425 e. The van der Waals surface area contributed by atoms with Crippen molar-refractivity contribution in [1.82, 2.24) is 0 Å². The Morgan fingerprint density at radius 1 is 1.29 bits per heavy atom. The Kier molecular flexibility index (Phi) is 4.08. The van der Waals surface area contributed by atoms with Crippen LogP contribution in [0.3, 0.4) is 0 Å². The second-order valence-corrected chi connectivity index (χ2v) is 3.06. The predicted molar refractivity (Wildman–Crippen MR) is 54.2 cm³/mol. The third-order valence-electron chi connectivity index (χ3n) is 1.66. The lowest BCUT2D eigenvalue weighted by atomic mass is 10.1. The third kappa shape index (κ3) is 4.54. The maximum absolute atomic E-state index is 11.8. The van der Waals surface area contributed by atoms with Gasteiger partial charge in [-0.25, -0.2) is 0 Å². The van der Waals surface area contributed by atoms with Crippen molar-refractivity contribution in [2.24, 2.45) is 10.9 Å². The molecule has 0 aliphatic carbocycles. The normalized spacial score (nSPS) is 12.3. The number of amides is 1. The third-order valence-corrected chi connectivity index (χ3v) is 1.66. The number of benzene rings is 1. The molecule has 0 atom stereocenters. The predicted octanol–water partition coefficient (Wildman–Crippen LogP) is 1.45. The minimum absolute atomic E-state index is 0.294. The molecule has 92 valence electrons. The van der Waals surface area contributed by atoms with Crippen molar-refractivity contribution < 1.29 is 22.8 Å². The minimum Gasteiger partial charge on any atom is -0.385 e. The average molecular weight is 246 g/mol. The molecule has 2 N–H and O–H groups in total. The molecule has 0 saturated heterocycles. The number of nitrogens with zero attached hydrogens (tertiary/aromatic N) is 1. The molecular formula is C10H9F3N2O2. The van der Waals surface area contributed by atoms with Gasteiger partial charge in [0.05, 0.1) is 0 Å². The zero-order valence-electron chi connectivity index (χ0n) is 8.57. The molecule has 0 aromatic heterocycles. The van der Waals surface area contributed by atoms with Gasteiger partial charge in [-0.3, -0.25) is 4.79 Å². The molecule has 0 bridgehead atoms. The maximum Gasteiger partial charge on any atom is 0.425 e. The van der Waals surface area contributed by atoms with E-state index in [4.69, 9.17) is 5.73 Å². The first-order valence-corrected chi connectivity index (χ1v) is 4.52. The van der Waals surface area contributed by atoms with Gasteiger partial charge >= 0.3 is 6.18 Å². The van der Waals surface area contributed by atoms with E-state index >= 15 is 0 Å². The molecule has 17 heavy (non-hydrogen) atoms. The Hall–Kier alpha value is -2.05. The summed E-state index contributed by atoms with van der Waals surface area (Å²) in [5.41, 5.74) is 4.93. The smallest absolute Gasteiger partial charge is 0.385 e. The second kappa shape index (κ2) is 5.33. The van der Waals surface area contributed by atoms with Crippen LogP contribution in [0.15, 0.2) is 35.5 Å². The van der Waals surface area contributed by atoms with E-state index in [0.29, 0.717) is 5.56 Å². The first-order chi connectivity index (χ1) is 7.90. The van der Waals surface area contributed by atoms with E-state index in [2.05, 4.69) is 9.99 Å². The quantitative estimate of drug-likeness (QED) is 0.645. The van der Waals surface area contributed by atoms with Gasteiger partial charge in [-0.15, -0.1) is 0 Å². The van der Waals surface area contributed by atoms with E-state index in [-0.39, 0.29) is 5.71 Å². The van der Waals surface area contributed by atoms with Crippen LogP contribution in [-0.4, -0.2) is 24.4 Å². The zero-order valence-corrected chi connectivity index (χ0v) is 8.57. The van der Waals surface area contributed by atoms with E-state index in [9.17, 15) is 18.0 Å². The van der Waals surface area contributed by atoms with Crippen molar-refractivity contribution in [3.05, 3.63) is 35.9 Å². The summed E-state index contributed by atoms with van der Waals surface area (Å²) in [4.78, 5) is 15.0. The molecule has 0 heterocycles. The summed E-state index contributed by atoms with van der Waals surface area (Å²) in [7, 11) is 0. The Labute approximate surface area is 94.9 Å². The number of alkyl halides is 3. The molecule has 0 saturated carbocycles. The highest BCUT2D eigenvalue weighted by molar-refractivity contribution is 6.44. The van der Waals surface area contributed by atoms with Crippen LogP contribution in [0.4, 0.5) is 13.2 Å². The number of halogens is 3. The molecule has 0 spiro atoms. The van der Waals surface area contributed by atoms with E-state index in [1.165, 1.54) is 12.1 Å². The number of hydrogen-bond acceptors (Lipinski definition) is 3. The Balaban J connectivity index is 2.81. The first kappa shape index (κ1) is 13.0. The van der Waals surface area contributed by atoms with Gasteiger partial charge in [-0.1, -0.05) is 35.5 Å². The average Bonchev–Trinajstić information content (AvgIpc) is 2.23. The van der Waals surface area contributed by atoms with E-state index in [1.807, 2.05) is 0 Å². The van der Waals surface area contributed by atoms with Crippen LogP contribution in [0.5, 0.6) is 0 Å². The monoisotopic (exact) mass is 246 g/mol. The van der Waals surface area contributed by atoms with Crippen LogP contribution < -0.4 is 5.73 Å². The number of hydrogen-bond donors (Lipinski definition) is 1. The van der Waals surface area contributed by atoms with Crippen LogP contribution >= 0.6 is 0 Å². The number of oxime groups is 1. The summed E-state index contributed by atoms with van der Waals surface area (Å²) in [6.07, 6.45) is -4.51. The highest BCUT2D eigenvalue weighted by Gasteiger charge is 2.28. The molecule has 4 nitrogen and oxygen atoms in total.